The molecule has 0 saturated carbocycles. The zero-order valence-corrected chi connectivity index (χ0v) is 9.46. The predicted molar refractivity (Wildman–Crippen MR) is 58.3 cm³/mol. The van der Waals surface area contributed by atoms with Gasteiger partial charge in [-0.25, -0.2) is 4.68 Å². The first-order valence-corrected chi connectivity index (χ1v) is 5.59. The fourth-order valence-electron chi connectivity index (χ4n) is 2.04. The van der Waals surface area contributed by atoms with Crippen molar-refractivity contribution in [3.8, 4) is 0 Å². The molecule has 0 bridgehead atoms. The van der Waals surface area contributed by atoms with Crippen molar-refractivity contribution in [3.05, 3.63) is 11.9 Å². The van der Waals surface area contributed by atoms with Crippen LogP contribution in [0.15, 0.2) is 6.20 Å². The molecule has 1 aromatic heterocycles. The van der Waals surface area contributed by atoms with E-state index in [0.29, 0.717) is 18.3 Å². The zero-order chi connectivity index (χ0) is 11.5. The van der Waals surface area contributed by atoms with Gasteiger partial charge in [0.05, 0.1) is 11.9 Å². The van der Waals surface area contributed by atoms with E-state index in [-0.39, 0.29) is 12.5 Å². The van der Waals surface area contributed by atoms with Crippen LogP contribution in [0.25, 0.3) is 0 Å². The number of hydrogen-bond donors (Lipinski definition) is 1. The summed E-state index contributed by atoms with van der Waals surface area (Å²) in [7, 11) is 0. The first-order valence-electron chi connectivity index (χ1n) is 5.59. The van der Waals surface area contributed by atoms with E-state index in [1.807, 2.05) is 4.90 Å². The number of carbonyl (C=O) groups is 1. The molecule has 1 atom stereocenters. The monoisotopic (exact) mass is 223 g/mol. The van der Waals surface area contributed by atoms with Crippen molar-refractivity contribution in [2.75, 3.05) is 6.54 Å². The minimum absolute atomic E-state index is 0.110. The van der Waals surface area contributed by atoms with Crippen molar-refractivity contribution in [3.63, 3.8) is 0 Å². The molecule has 16 heavy (non-hydrogen) atoms. The topological polar surface area (TPSA) is 77.0 Å². The van der Waals surface area contributed by atoms with Crippen molar-refractivity contribution >= 4 is 5.91 Å². The normalized spacial score (nSPS) is 20.4. The highest BCUT2D eigenvalue weighted by Gasteiger charge is 2.25. The molecule has 0 aromatic carbocycles. The third-order valence-electron chi connectivity index (χ3n) is 2.97. The molecule has 1 amide bonds. The number of likely N-dealkylation sites (tertiary alicyclic amines) is 1. The van der Waals surface area contributed by atoms with E-state index < -0.39 is 0 Å². The summed E-state index contributed by atoms with van der Waals surface area (Å²) in [4.78, 5) is 13.8. The van der Waals surface area contributed by atoms with Gasteiger partial charge in [-0.15, -0.1) is 5.10 Å². The summed E-state index contributed by atoms with van der Waals surface area (Å²) in [6.07, 6.45) is 3.91. The number of hydrogen-bond acceptors (Lipinski definition) is 4. The second-order valence-corrected chi connectivity index (χ2v) is 4.19. The van der Waals surface area contributed by atoms with E-state index in [9.17, 15) is 4.79 Å². The van der Waals surface area contributed by atoms with Gasteiger partial charge in [0.2, 0.25) is 5.91 Å². The van der Waals surface area contributed by atoms with Crippen molar-refractivity contribution in [2.24, 2.45) is 5.73 Å². The van der Waals surface area contributed by atoms with Crippen molar-refractivity contribution in [2.45, 2.75) is 38.9 Å². The van der Waals surface area contributed by atoms with E-state index in [1.54, 1.807) is 10.9 Å². The molecule has 1 aliphatic rings. The van der Waals surface area contributed by atoms with Crippen molar-refractivity contribution in [1.82, 2.24) is 19.9 Å². The average Bonchev–Trinajstić information content (AvgIpc) is 2.86. The molecule has 1 aliphatic heterocycles. The molecule has 2 rings (SSSR count). The Balaban J connectivity index is 1.96. The molecule has 1 saturated heterocycles. The summed E-state index contributed by atoms with van der Waals surface area (Å²) in [5, 5.41) is 7.71. The van der Waals surface area contributed by atoms with Crippen LogP contribution in [0, 0.1) is 0 Å². The maximum Gasteiger partial charge on any atom is 0.244 e. The van der Waals surface area contributed by atoms with Crippen LogP contribution in [-0.4, -0.2) is 38.4 Å². The van der Waals surface area contributed by atoms with Crippen LogP contribution in [0.3, 0.4) is 0 Å². The second-order valence-electron chi connectivity index (χ2n) is 4.19. The third-order valence-corrected chi connectivity index (χ3v) is 2.97. The SMILES string of the molecule is CC1CCCN1C(=O)Cn1cc(CN)nn1. The first-order chi connectivity index (χ1) is 7.70. The number of amides is 1. The summed E-state index contributed by atoms with van der Waals surface area (Å²) < 4.78 is 1.55. The summed E-state index contributed by atoms with van der Waals surface area (Å²) in [6, 6.07) is 0.352. The van der Waals surface area contributed by atoms with Crippen LogP contribution < -0.4 is 5.73 Å². The quantitative estimate of drug-likeness (QED) is 0.766. The largest absolute Gasteiger partial charge is 0.338 e. The van der Waals surface area contributed by atoms with E-state index in [1.165, 1.54) is 0 Å². The minimum Gasteiger partial charge on any atom is -0.338 e. The lowest BCUT2D eigenvalue weighted by molar-refractivity contribution is -0.132. The van der Waals surface area contributed by atoms with Gasteiger partial charge in [-0.3, -0.25) is 4.79 Å². The maximum absolute atomic E-state index is 11.9. The van der Waals surface area contributed by atoms with E-state index >= 15 is 0 Å². The van der Waals surface area contributed by atoms with Gasteiger partial charge in [-0.1, -0.05) is 5.21 Å². The molecule has 88 valence electrons. The summed E-state index contributed by atoms with van der Waals surface area (Å²) >= 11 is 0. The highest BCUT2D eigenvalue weighted by molar-refractivity contribution is 5.76. The van der Waals surface area contributed by atoms with Gasteiger partial charge < -0.3 is 10.6 Å². The lowest BCUT2D eigenvalue weighted by atomic mass is 10.2. The molecule has 1 unspecified atom stereocenters. The Bertz CT molecular complexity index is 375. The van der Waals surface area contributed by atoms with Gasteiger partial charge in [0.15, 0.2) is 0 Å². The molecule has 0 spiro atoms. The van der Waals surface area contributed by atoms with Gasteiger partial charge in [-0.2, -0.15) is 0 Å². The van der Waals surface area contributed by atoms with Gasteiger partial charge in [0, 0.05) is 19.1 Å². The van der Waals surface area contributed by atoms with E-state index in [2.05, 4.69) is 17.2 Å². The molecular formula is C10H17N5O. The van der Waals surface area contributed by atoms with Gasteiger partial charge in [0.1, 0.15) is 6.54 Å². The second kappa shape index (κ2) is 4.61. The molecule has 2 heterocycles. The predicted octanol–water partition coefficient (Wildman–Crippen LogP) is -0.252. The van der Waals surface area contributed by atoms with Crippen LogP contribution in [0.2, 0.25) is 0 Å². The molecule has 6 heteroatoms. The van der Waals surface area contributed by atoms with Crippen molar-refractivity contribution in [1.29, 1.82) is 0 Å². The highest BCUT2D eigenvalue weighted by Crippen LogP contribution is 2.16. The lowest BCUT2D eigenvalue weighted by Gasteiger charge is -2.20. The van der Waals surface area contributed by atoms with Crippen LogP contribution in [-0.2, 0) is 17.9 Å². The van der Waals surface area contributed by atoms with Gasteiger partial charge >= 0.3 is 0 Å². The Morgan fingerprint density at radius 1 is 1.69 bits per heavy atom. The van der Waals surface area contributed by atoms with E-state index in [4.69, 9.17) is 5.73 Å². The zero-order valence-electron chi connectivity index (χ0n) is 9.46. The number of rotatable bonds is 3. The highest BCUT2D eigenvalue weighted by atomic mass is 16.2. The van der Waals surface area contributed by atoms with Crippen LogP contribution >= 0.6 is 0 Å². The maximum atomic E-state index is 11.9. The van der Waals surface area contributed by atoms with Gasteiger partial charge in [0.25, 0.3) is 0 Å². The Hall–Kier alpha value is -1.43. The molecule has 0 aliphatic carbocycles. The fraction of sp³-hybridized carbons (Fsp3) is 0.700. The Labute approximate surface area is 94.4 Å². The molecule has 6 nitrogen and oxygen atoms in total. The number of carbonyl (C=O) groups excluding carboxylic acids is 1. The molecule has 0 radical (unpaired) electrons. The number of nitrogens with two attached hydrogens (primary N) is 1. The van der Waals surface area contributed by atoms with Crippen molar-refractivity contribution < 1.29 is 4.79 Å². The minimum atomic E-state index is 0.110. The summed E-state index contributed by atoms with van der Waals surface area (Å²) in [5.41, 5.74) is 6.14. The molecular weight excluding hydrogens is 206 g/mol. The standard InChI is InChI=1S/C10H17N5O/c1-8-3-2-4-15(8)10(16)7-14-6-9(5-11)12-13-14/h6,8H,2-5,7,11H2,1H3. The smallest absolute Gasteiger partial charge is 0.244 e. The fourth-order valence-corrected chi connectivity index (χ4v) is 2.04. The van der Waals surface area contributed by atoms with Gasteiger partial charge in [-0.05, 0) is 19.8 Å². The Morgan fingerprint density at radius 2 is 2.50 bits per heavy atom. The average molecular weight is 223 g/mol. The lowest BCUT2D eigenvalue weighted by Crippen LogP contribution is -2.36. The summed E-state index contributed by atoms with van der Waals surface area (Å²) in [5.74, 6) is 0.110. The number of nitrogens with zero attached hydrogens (tertiary/aromatic N) is 4. The molecule has 2 N–H and O–H groups in total. The van der Waals surface area contributed by atoms with Crippen LogP contribution in [0.5, 0.6) is 0 Å². The number of aromatic nitrogens is 3. The van der Waals surface area contributed by atoms with E-state index in [0.717, 1.165) is 19.4 Å². The summed E-state index contributed by atoms with van der Waals surface area (Å²) in [6.45, 7) is 3.56. The molecule has 1 aromatic rings. The first kappa shape index (κ1) is 11.1. The Morgan fingerprint density at radius 3 is 3.06 bits per heavy atom. The van der Waals surface area contributed by atoms with Crippen LogP contribution in [0.1, 0.15) is 25.5 Å². The Kier molecular flexibility index (Phi) is 3.19. The third kappa shape index (κ3) is 2.21. The van der Waals surface area contributed by atoms with Crippen LogP contribution in [0.4, 0.5) is 0 Å². The molecule has 1 fully saturated rings.